The Balaban J connectivity index is 2.46. The van der Waals surface area contributed by atoms with Crippen molar-refractivity contribution in [2.24, 2.45) is 5.92 Å². The first-order chi connectivity index (χ1) is 12.0. The van der Waals surface area contributed by atoms with Gasteiger partial charge in [0.2, 0.25) is 5.91 Å². The Morgan fingerprint density at radius 2 is 1.85 bits per heavy atom. The SMILES string of the molecule is CCNC(C)(C)CCOC(C)(C)CCC(=O)N1CCCC1C(=O)C(C)C. The molecule has 1 amide bonds. The average molecular weight is 369 g/mol. The van der Waals surface area contributed by atoms with Crippen molar-refractivity contribution < 1.29 is 14.3 Å². The minimum absolute atomic E-state index is 0.0201. The van der Waals surface area contributed by atoms with E-state index in [0.717, 1.165) is 25.8 Å². The standard InChI is InChI=1S/C21H40N2O3/c1-8-22-20(4,5)13-15-26-21(6,7)12-11-18(24)23-14-9-10-17(23)19(25)16(2)3/h16-17,22H,8-15H2,1-7H3. The molecule has 1 rings (SSSR count). The van der Waals surface area contributed by atoms with E-state index in [-0.39, 0.29) is 34.8 Å². The van der Waals surface area contributed by atoms with Crippen LogP contribution in [0.15, 0.2) is 0 Å². The molecule has 1 atom stereocenters. The molecule has 0 aromatic carbocycles. The lowest BCUT2D eigenvalue weighted by molar-refractivity contribution is -0.139. The third kappa shape index (κ3) is 7.36. The molecule has 1 unspecified atom stereocenters. The van der Waals surface area contributed by atoms with Gasteiger partial charge >= 0.3 is 0 Å². The van der Waals surface area contributed by atoms with Crippen LogP contribution in [0.1, 0.15) is 80.6 Å². The van der Waals surface area contributed by atoms with Gasteiger partial charge in [0, 0.05) is 31.0 Å². The van der Waals surface area contributed by atoms with Gasteiger partial charge in [-0.05, 0) is 59.9 Å². The van der Waals surface area contributed by atoms with E-state index >= 15 is 0 Å². The van der Waals surface area contributed by atoms with E-state index < -0.39 is 0 Å². The van der Waals surface area contributed by atoms with E-state index in [4.69, 9.17) is 4.74 Å². The number of nitrogens with one attached hydrogen (secondary N) is 1. The van der Waals surface area contributed by atoms with Crippen LogP contribution < -0.4 is 5.32 Å². The van der Waals surface area contributed by atoms with E-state index in [1.807, 2.05) is 27.7 Å². The van der Waals surface area contributed by atoms with E-state index in [1.165, 1.54) is 0 Å². The van der Waals surface area contributed by atoms with Crippen molar-refractivity contribution in [2.75, 3.05) is 19.7 Å². The van der Waals surface area contributed by atoms with E-state index in [2.05, 4.69) is 26.1 Å². The predicted octanol–water partition coefficient (Wildman–Crippen LogP) is 3.56. The second-order valence-corrected chi connectivity index (χ2v) is 9.07. The van der Waals surface area contributed by atoms with Gasteiger partial charge in [-0.25, -0.2) is 0 Å². The topological polar surface area (TPSA) is 58.6 Å². The molecule has 1 N–H and O–H groups in total. The Kier molecular flexibility index (Phi) is 8.74. The maximum absolute atomic E-state index is 12.7. The molecule has 0 saturated carbocycles. The molecule has 0 radical (unpaired) electrons. The van der Waals surface area contributed by atoms with Crippen molar-refractivity contribution in [1.82, 2.24) is 10.2 Å². The summed E-state index contributed by atoms with van der Waals surface area (Å²) in [5.41, 5.74) is -0.282. The Hall–Kier alpha value is -0.940. The molecule has 0 aromatic heterocycles. The molecule has 0 bridgehead atoms. The van der Waals surface area contributed by atoms with Crippen LogP contribution in [0, 0.1) is 5.92 Å². The van der Waals surface area contributed by atoms with Crippen molar-refractivity contribution in [3.05, 3.63) is 0 Å². The van der Waals surface area contributed by atoms with E-state index in [9.17, 15) is 9.59 Å². The first-order valence-corrected chi connectivity index (χ1v) is 10.2. The number of carbonyl (C=O) groups is 2. The van der Waals surface area contributed by atoms with Gasteiger partial charge in [0.05, 0.1) is 11.6 Å². The van der Waals surface area contributed by atoms with Gasteiger partial charge in [0.1, 0.15) is 0 Å². The van der Waals surface area contributed by atoms with Gasteiger partial charge in [-0.3, -0.25) is 9.59 Å². The highest BCUT2D eigenvalue weighted by molar-refractivity contribution is 5.90. The third-order valence-electron chi connectivity index (χ3n) is 5.29. The summed E-state index contributed by atoms with van der Waals surface area (Å²) in [5, 5.41) is 3.45. The van der Waals surface area contributed by atoms with Crippen molar-refractivity contribution >= 4 is 11.7 Å². The number of carbonyl (C=O) groups excluding carboxylic acids is 2. The zero-order valence-electron chi connectivity index (χ0n) is 18.0. The Labute approximate surface area is 160 Å². The number of likely N-dealkylation sites (tertiary alicyclic amines) is 1. The van der Waals surface area contributed by atoms with Gasteiger partial charge in [0.25, 0.3) is 0 Å². The summed E-state index contributed by atoms with van der Waals surface area (Å²) in [6.45, 7) is 16.7. The number of nitrogens with zero attached hydrogens (tertiary/aromatic N) is 1. The van der Waals surface area contributed by atoms with Gasteiger partial charge in [-0.2, -0.15) is 0 Å². The smallest absolute Gasteiger partial charge is 0.223 e. The highest BCUT2D eigenvalue weighted by Crippen LogP contribution is 2.24. The Morgan fingerprint density at radius 3 is 2.42 bits per heavy atom. The van der Waals surface area contributed by atoms with Crippen LogP contribution in [0.3, 0.4) is 0 Å². The summed E-state index contributed by atoms with van der Waals surface area (Å²) in [6.07, 6.45) is 3.77. The molecule has 0 spiro atoms. The minimum Gasteiger partial charge on any atom is -0.375 e. The summed E-state index contributed by atoms with van der Waals surface area (Å²) < 4.78 is 6.06. The molecule has 1 heterocycles. The van der Waals surface area contributed by atoms with Gasteiger partial charge in [-0.1, -0.05) is 20.8 Å². The van der Waals surface area contributed by atoms with Crippen LogP contribution in [0.25, 0.3) is 0 Å². The van der Waals surface area contributed by atoms with Crippen LogP contribution in [0.2, 0.25) is 0 Å². The van der Waals surface area contributed by atoms with Gasteiger partial charge < -0.3 is 15.0 Å². The molecular weight excluding hydrogens is 328 g/mol. The second kappa shape index (κ2) is 9.84. The van der Waals surface area contributed by atoms with Crippen molar-refractivity contribution in [3.8, 4) is 0 Å². The normalized spacial score (nSPS) is 18.6. The largest absolute Gasteiger partial charge is 0.375 e. The molecular formula is C21H40N2O3. The number of ketones is 1. The summed E-state index contributed by atoms with van der Waals surface area (Å²) >= 11 is 0. The summed E-state index contributed by atoms with van der Waals surface area (Å²) in [7, 11) is 0. The maximum Gasteiger partial charge on any atom is 0.223 e. The average Bonchev–Trinajstić information content (AvgIpc) is 3.00. The van der Waals surface area contributed by atoms with Crippen LogP contribution in [0.5, 0.6) is 0 Å². The summed E-state index contributed by atoms with van der Waals surface area (Å²) in [6, 6.07) is -0.215. The van der Waals surface area contributed by atoms with Gasteiger partial charge in [0.15, 0.2) is 5.78 Å². The fraction of sp³-hybridized carbons (Fsp3) is 0.905. The van der Waals surface area contributed by atoms with Crippen LogP contribution in [0.4, 0.5) is 0 Å². The number of hydrogen-bond acceptors (Lipinski definition) is 4. The highest BCUT2D eigenvalue weighted by Gasteiger charge is 2.35. The number of Topliss-reactive ketones (excluding diaryl/α,β-unsaturated/α-hetero) is 1. The quantitative estimate of drug-likeness (QED) is 0.606. The fourth-order valence-electron chi connectivity index (χ4n) is 3.52. The summed E-state index contributed by atoms with van der Waals surface area (Å²) in [4.78, 5) is 26.8. The first kappa shape index (κ1) is 23.1. The zero-order chi connectivity index (χ0) is 20.0. The first-order valence-electron chi connectivity index (χ1n) is 10.2. The predicted molar refractivity (Wildman–Crippen MR) is 106 cm³/mol. The highest BCUT2D eigenvalue weighted by atomic mass is 16.5. The Bertz CT molecular complexity index is 472. The van der Waals surface area contributed by atoms with Crippen molar-refractivity contribution in [1.29, 1.82) is 0 Å². The molecule has 1 fully saturated rings. The molecule has 1 aliphatic rings. The number of rotatable bonds is 11. The molecule has 1 saturated heterocycles. The lowest BCUT2D eigenvalue weighted by atomic mass is 9.98. The fourth-order valence-corrected chi connectivity index (χ4v) is 3.52. The lowest BCUT2D eigenvalue weighted by Gasteiger charge is -2.31. The number of ether oxygens (including phenoxy) is 1. The number of hydrogen-bond donors (Lipinski definition) is 1. The molecule has 0 aliphatic carbocycles. The lowest BCUT2D eigenvalue weighted by Crippen LogP contribution is -2.43. The molecule has 0 aromatic rings. The molecule has 152 valence electrons. The molecule has 5 heteroatoms. The third-order valence-corrected chi connectivity index (χ3v) is 5.29. The molecule has 1 aliphatic heterocycles. The number of amides is 1. The zero-order valence-corrected chi connectivity index (χ0v) is 18.0. The minimum atomic E-state index is -0.338. The molecule has 26 heavy (non-hydrogen) atoms. The molecule has 5 nitrogen and oxygen atoms in total. The van der Waals surface area contributed by atoms with E-state index in [0.29, 0.717) is 26.0 Å². The van der Waals surface area contributed by atoms with Crippen LogP contribution >= 0.6 is 0 Å². The van der Waals surface area contributed by atoms with Crippen molar-refractivity contribution in [2.45, 2.75) is 97.8 Å². The van der Waals surface area contributed by atoms with Crippen LogP contribution in [-0.4, -0.2) is 53.5 Å². The van der Waals surface area contributed by atoms with Gasteiger partial charge in [-0.15, -0.1) is 0 Å². The maximum atomic E-state index is 12.7. The Morgan fingerprint density at radius 1 is 1.19 bits per heavy atom. The monoisotopic (exact) mass is 368 g/mol. The van der Waals surface area contributed by atoms with Crippen LogP contribution in [-0.2, 0) is 14.3 Å². The van der Waals surface area contributed by atoms with Crippen molar-refractivity contribution in [3.63, 3.8) is 0 Å². The summed E-state index contributed by atoms with van der Waals surface area (Å²) in [5.74, 6) is 0.261. The second-order valence-electron chi connectivity index (χ2n) is 9.07. The van der Waals surface area contributed by atoms with E-state index in [1.54, 1.807) is 4.90 Å².